The van der Waals surface area contributed by atoms with Crippen molar-refractivity contribution in [2.24, 2.45) is 5.73 Å². The first-order valence-electron chi connectivity index (χ1n) is 6.09. The fourth-order valence-corrected chi connectivity index (χ4v) is 2.49. The van der Waals surface area contributed by atoms with Crippen LogP contribution in [0.25, 0.3) is 11.1 Å². The molecular weight excluding hydrogens is 241 g/mol. The minimum Gasteiger partial charge on any atom is -0.365 e. The maximum absolute atomic E-state index is 13.7. The molecule has 0 aliphatic rings. The van der Waals surface area contributed by atoms with Crippen molar-refractivity contribution in [3.8, 4) is 11.1 Å². The van der Waals surface area contributed by atoms with Crippen LogP contribution in [0.3, 0.4) is 0 Å². The number of nitrogens with two attached hydrogens (primary N) is 1. The molecule has 0 saturated heterocycles. The van der Waals surface area contributed by atoms with Gasteiger partial charge in [0.1, 0.15) is 5.82 Å². The summed E-state index contributed by atoms with van der Waals surface area (Å²) in [5, 5.41) is 0. The first-order chi connectivity index (χ1) is 8.93. The van der Waals surface area contributed by atoms with Crippen molar-refractivity contribution in [2.45, 2.75) is 20.8 Å². The highest BCUT2D eigenvalue weighted by atomic mass is 19.1. The number of hydrogen-bond donors (Lipinski definition) is 1. The molecule has 1 amide bonds. The van der Waals surface area contributed by atoms with Gasteiger partial charge in [-0.25, -0.2) is 4.39 Å². The largest absolute Gasteiger partial charge is 0.365 e. The van der Waals surface area contributed by atoms with Crippen LogP contribution in [-0.2, 0) is 0 Å². The van der Waals surface area contributed by atoms with Crippen molar-refractivity contribution < 1.29 is 9.18 Å². The van der Waals surface area contributed by atoms with Gasteiger partial charge in [-0.15, -0.1) is 0 Å². The highest BCUT2D eigenvalue weighted by Crippen LogP contribution is 2.32. The second-order valence-corrected chi connectivity index (χ2v) is 4.73. The van der Waals surface area contributed by atoms with E-state index in [4.69, 9.17) is 5.73 Å². The number of carbonyl (C=O) groups excluding carboxylic acids is 1. The molecule has 0 bridgehead atoms. The number of rotatable bonds is 2. The molecule has 98 valence electrons. The molecule has 0 aliphatic heterocycles. The van der Waals surface area contributed by atoms with E-state index in [0.29, 0.717) is 5.56 Å². The normalized spacial score (nSPS) is 10.5. The van der Waals surface area contributed by atoms with E-state index in [2.05, 4.69) is 0 Å². The third-order valence-electron chi connectivity index (χ3n) is 3.41. The van der Waals surface area contributed by atoms with Crippen molar-refractivity contribution in [3.63, 3.8) is 0 Å². The van der Waals surface area contributed by atoms with Gasteiger partial charge in [0.25, 0.3) is 5.91 Å². The van der Waals surface area contributed by atoms with Crippen LogP contribution in [0.5, 0.6) is 0 Å². The van der Waals surface area contributed by atoms with E-state index in [1.54, 1.807) is 13.0 Å². The summed E-state index contributed by atoms with van der Waals surface area (Å²) in [6, 6.07) is 8.97. The lowest BCUT2D eigenvalue weighted by molar-refractivity contribution is 0.0996. The Morgan fingerprint density at radius 2 is 1.63 bits per heavy atom. The van der Waals surface area contributed by atoms with Gasteiger partial charge < -0.3 is 5.73 Å². The monoisotopic (exact) mass is 257 g/mol. The fraction of sp³-hybridized carbons (Fsp3) is 0.188. The molecule has 0 atom stereocenters. The van der Waals surface area contributed by atoms with E-state index in [1.165, 1.54) is 6.07 Å². The molecule has 0 aromatic heterocycles. The van der Waals surface area contributed by atoms with Crippen molar-refractivity contribution in [3.05, 3.63) is 58.4 Å². The number of halogens is 1. The summed E-state index contributed by atoms with van der Waals surface area (Å²) in [4.78, 5) is 11.4. The number of hydrogen-bond acceptors (Lipinski definition) is 1. The summed E-state index contributed by atoms with van der Waals surface area (Å²) in [6.45, 7) is 5.72. The smallest absolute Gasteiger partial charge is 0.251 e. The van der Waals surface area contributed by atoms with Gasteiger partial charge in [-0.1, -0.05) is 24.3 Å². The molecule has 2 rings (SSSR count). The Hall–Kier alpha value is -2.16. The molecule has 0 saturated carbocycles. The van der Waals surface area contributed by atoms with E-state index in [0.717, 1.165) is 22.3 Å². The van der Waals surface area contributed by atoms with Crippen molar-refractivity contribution in [1.82, 2.24) is 0 Å². The summed E-state index contributed by atoms with van der Waals surface area (Å²) in [5.41, 5.74) is 9.88. The van der Waals surface area contributed by atoms with Gasteiger partial charge in [-0.3, -0.25) is 4.79 Å². The number of aryl methyl sites for hydroxylation is 2. The number of primary amides is 1. The zero-order chi connectivity index (χ0) is 14.2. The van der Waals surface area contributed by atoms with E-state index in [1.807, 2.05) is 32.0 Å². The molecule has 0 unspecified atom stereocenters. The van der Waals surface area contributed by atoms with Gasteiger partial charge in [0.15, 0.2) is 0 Å². The van der Waals surface area contributed by atoms with Crippen LogP contribution < -0.4 is 5.73 Å². The SMILES string of the molecule is Cc1cccc(C)c1-c1ccc(F)c(C(N)=O)c1C. The lowest BCUT2D eigenvalue weighted by atomic mass is 9.90. The van der Waals surface area contributed by atoms with Crippen LogP contribution in [0.1, 0.15) is 27.0 Å². The maximum atomic E-state index is 13.7. The van der Waals surface area contributed by atoms with Gasteiger partial charge in [0.2, 0.25) is 0 Å². The number of benzene rings is 2. The lowest BCUT2D eigenvalue weighted by Crippen LogP contribution is -2.15. The maximum Gasteiger partial charge on any atom is 0.251 e. The van der Waals surface area contributed by atoms with E-state index >= 15 is 0 Å². The van der Waals surface area contributed by atoms with Crippen LogP contribution in [0.2, 0.25) is 0 Å². The minimum absolute atomic E-state index is 0.0276. The minimum atomic E-state index is -0.733. The van der Waals surface area contributed by atoms with Gasteiger partial charge in [-0.05, 0) is 54.7 Å². The Morgan fingerprint density at radius 1 is 1.05 bits per heavy atom. The highest BCUT2D eigenvalue weighted by Gasteiger charge is 2.17. The van der Waals surface area contributed by atoms with Crippen LogP contribution in [0.4, 0.5) is 4.39 Å². The standard InChI is InChI=1S/C16H16FNO/c1-9-5-4-6-10(2)14(9)12-7-8-13(17)15(11(12)3)16(18)19/h4-8H,1-3H3,(H2,18,19). The van der Waals surface area contributed by atoms with Gasteiger partial charge in [0, 0.05) is 0 Å². The molecule has 0 aliphatic carbocycles. The average molecular weight is 257 g/mol. The molecule has 3 heteroatoms. The second-order valence-electron chi connectivity index (χ2n) is 4.73. The van der Waals surface area contributed by atoms with Gasteiger partial charge in [0.05, 0.1) is 5.56 Å². The Labute approximate surface area is 112 Å². The first-order valence-corrected chi connectivity index (χ1v) is 6.09. The number of amides is 1. The number of carbonyl (C=O) groups is 1. The molecule has 0 heterocycles. The molecule has 0 fully saturated rings. The third-order valence-corrected chi connectivity index (χ3v) is 3.41. The van der Waals surface area contributed by atoms with Crippen LogP contribution >= 0.6 is 0 Å². The third kappa shape index (κ3) is 2.24. The molecule has 2 aromatic carbocycles. The van der Waals surface area contributed by atoms with Gasteiger partial charge >= 0.3 is 0 Å². The quantitative estimate of drug-likeness (QED) is 0.878. The molecule has 2 nitrogen and oxygen atoms in total. The van der Waals surface area contributed by atoms with Crippen LogP contribution in [0.15, 0.2) is 30.3 Å². The summed E-state index contributed by atoms with van der Waals surface area (Å²) in [5.74, 6) is -1.30. The Kier molecular flexibility index (Phi) is 3.38. The predicted molar refractivity (Wildman–Crippen MR) is 74.6 cm³/mol. The summed E-state index contributed by atoms with van der Waals surface area (Å²) in [7, 11) is 0. The lowest BCUT2D eigenvalue weighted by Gasteiger charge is -2.15. The Bertz CT molecular complexity index is 642. The first kappa shape index (κ1) is 13.3. The zero-order valence-corrected chi connectivity index (χ0v) is 11.3. The van der Waals surface area contributed by atoms with Crippen molar-refractivity contribution in [2.75, 3.05) is 0 Å². The van der Waals surface area contributed by atoms with Crippen molar-refractivity contribution in [1.29, 1.82) is 0 Å². The summed E-state index contributed by atoms with van der Waals surface area (Å²) < 4.78 is 13.7. The summed E-state index contributed by atoms with van der Waals surface area (Å²) >= 11 is 0. The fourth-order valence-electron chi connectivity index (χ4n) is 2.49. The summed E-state index contributed by atoms with van der Waals surface area (Å²) in [6.07, 6.45) is 0. The topological polar surface area (TPSA) is 43.1 Å². The molecule has 2 aromatic rings. The molecule has 2 N–H and O–H groups in total. The van der Waals surface area contributed by atoms with Crippen LogP contribution in [0, 0.1) is 26.6 Å². The average Bonchev–Trinajstić information content (AvgIpc) is 2.31. The van der Waals surface area contributed by atoms with Gasteiger partial charge in [-0.2, -0.15) is 0 Å². The zero-order valence-electron chi connectivity index (χ0n) is 11.3. The Morgan fingerprint density at radius 3 is 2.16 bits per heavy atom. The molecule has 0 radical (unpaired) electrons. The second kappa shape index (κ2) is 4.84. The molecule has 19 heavy (non-hydrogen) atoms. The molecule has 0 spiro atoms. The predicted octanol–water partition coefficient (Wildman–Crippen LogP) is 3.52. The van der Waals surface area contributed by atoms with E-state index in [9.17, 15) is 9.18 Å². The Balaban J connectivity index is 2.78. The highest BCUT2D eigenvalue weighted by molar-refractivity contribution is 5.97. The molecular formula is C16H16FNO. The van der Waals surface area contributed by atoms with Crippen LogP contribution in [-0.4, -0.2) is 5.91 Å². The van der Waals surface area contributed by atoms with Crippen molar-refractivity contribution >= 4 is 5.91 Å². The van der Waals surface area contributed by atoms with E-state index < -0.39 is 11.7 Å². The van der Waals surface area contributed by atoms with E-state index in [-0.39, 0.29) is 5.56 Å².